The zero-order valence-electron chi connectivity index (χ0n) is 15.2. The molecule has 0 saturated carbocycles. The normalized spacial score (nSPS) is 13.3. The molecule has 0 saturated heterocycles. The molecule has 6 nitrogen and oxygen atoms in total. The Labute approximate surface area is 147 Å². The molecular formula is C19H25N3O3. The van der Waals surface area contributed by atoms with E-state index in [2.05, 4.69) is 10.4 Å². The number of rotatable bonds is 7. The largest absolute Gasteiger partial charge is 0.383 e. The van der Waals surface area contributed by atoms with Crippen molar-refractivity contribution in [2.24, 2.45) is 7.05 Å². The number of carbonyl (C=O) groups is 2. The van der Waals surface area contributed by atoms with E-state index >= 15 is 0 Å². The fourth-order valence-electron chi connectivity index (χ4n) is 2.45. The van der Waals surface area contributed by atoms with Gasteiger partial charge in [0.25, 0.3) is 0 Å². The van der Waals surface area contributed by atoms with Crippen LogP contribution < -0.4 is 5.32 Å². The summed E-state index contributed by atoms with van der Waals surface area (Å²) in [7, 11) is 1.76. The maximum absolute atomic E-state index is 12.2. The van der Waals surface area contributed by atoms with Crippen LogP contribution in [-0.4, -0.2) is 33.1 Å². The number of nitrogens with one attached hydrogen (secondary N) is 1. The van der Waals surface area contributed by atoms with Crippen molar-refractivity contribution in [2.75, 3.05) is 6.54 Å². The van der Waals surface area contributed by atoms with Crippen LogP contribution >= 0.6 is 0 Å². The first kappa shape index (κ1) is 18.9. The van der Waals surface area contributed by atoms with Gasteiger partial charge in [-0.1, -0.05) is 12.1 Å². The Hall–Kier alpha value is -2.47. The molecule has 1 heterocycles. The molecule has 0 bridgehead atoms. The second-order valence-electron chi connectivity index (χ2n) is 6.68. The van der Waals surface area contributed by atoms with Gasteiger partial charge in [-0.25, -0.2) is 0 Å². The quantitative estimate of drug-likeness (QED) is 0.754. The maximum atomic E-state index is 12.2. The fraction of sp³-hybridized carbons (Fsp3) is 0.421. The van der Waals surface area contributed by atoms with E-state index in [1.165, 1.54) is 0 Å². The number of aliphatic hydroxyl groups is 1. The standard InChI is InChI=1S/C19H25N3O3/c1-13-5-6-15(9-14(13)2)17(23)7-8-18(24)20-12-19(3,25)16-10-21-22(4)11-16/h5-6,9-11,25H,7-8,12H2,1-4H3,(H,20,24). The average molecular weight is 343 g/mol. The van der Waals surface area contributed by atoms with E-state index in [1.807, 2.05) is 26.0 Å². The number of aromatic nitrogens is 2. The molecule has 0 spiro atoms. The molecule has 1 aromatic carbocycles. The van der Waals surface area contributed by atoms with Crippen LogP contribution in [0.25, 0.3) is 0 Å². The molecule has 2 aromatic rings. The van der Waals surface area contributed by atoms with Gasteiger partial charge in [0, 0.05) is 37.2 Å². The predicted molar refractivity (Wildman–Crippen MR) is 95.3 cm³/mol. The molecule has 1 amide bonds. The lowest BCUT2D eigenvalue weighted by molar-refractivity contribution is -0.122. The number of aryl methyl sites for hydroxylation is 3. The van der Waals surface area contributed by atoms with Crippen LogP contribution in [0, 0.1) is 13.8 Å². The van der Waals surface area contributed by atoms with Crippen molar-refractivity contribution in [3.05, 3.63) is 52.8 Å². The molecule has 1 atom stereocenters. The Balaban J connectivity index is 1.84. The van der Waals surface area contributed by atoms with Crippen LogP contribution in [0.4, 0.5) is 0 Å². The molecule has 25 heavy (non-hydrogen) atoms. The summed E-state index contributed by atoms with van der Waals surface area (Å²) in [4.78, 5) is 24.2. The molecule has 0 aliphatic heterocycles. The zero-order chi connectivity index (χ0) is 18.6. The topological polar surface area (TPSA) is 84.2 Å². The molecule has 2 N–H and O–H groups in total. The summed E-state index contributed by atoms with van der Waals surface area (Å²) < 4.78 is 1.59. The minimum Gasteiger partial charge on any atom is -0.383 e. The van der Waals surface area contributed by atoms with E-state index in [9.17, 15) is 14.7 Å². The first-order chi connectivity index (χ1) is 11.7. The zero-order valence-corrected chi connectivity index (χ0v) is 15.2. The third-order valence-corrected chi connectivity index (χ3v) is 4.36. The number of hydrogen-bond acceptors (Lipinski definition) is 4. The fourth-order valence-corrected chi connectivity index (χ4v) is 2.45. The summed E-state index contributed by atoms with van der Waals surface area (Å²) in [5.41, 5.74) is 2.23. The van der Waals surface area contributed by atoms with Crippen molar-refractivity contribution in [1.29, 1.82) is 0 Å². The molecule has 0 aliphatic carbocycles. The van der Waals surface area contributed by atoms with Crippen molar-refractivity contribution >= 4 is 11.7 Å². The third kappa shape index (κ3) is 5.00. The Morgan fingerprint density at radius 3 is 2.56 bits per heavy atom. The van der Waals surface area contributed by atoms with Gasteiger partial charge in [-0.3, -0.25) is 14.3 Å². The third-order valence-electron chi connectivity index (χ3n) is 4.36. The second-order valence-corrected chi connectivity index (χ2v) is 6.68. The van der Waals surface area contributed by atoms with Crippen molar-refractivity contribution in [3.8, 4) is 0 Å². The molecule has 0 fully saturated rings. The summed E-state index contributed by atoms with van der Waals surface area (Å²) in [5, 5.41) is 17.1. The van der Waals surface area contributed by atoms with Crippen molar-refractivity contribution in [1.82, 2.24) is 15.1 Å². The molecule has 2 rings (SSSR count). The Morgan fingerprint density at radius 2 is 1.96 bits per heavy atom. The summed E-state index contributed by atoms with van der Waals surface area (Å²) in [5.74, 6) is -0.321. The molecular weight excluding hydrogens is 318 g/mol. The van der Waals surface area contributed by atoms with Gasteiger partial charge in [-0.2, -0.15) is 5.10 Å². The molecule has 1 aromatic heterocycles. The van der Waals surface area contributed by atoms with Gasteiger partial charge in [0.2, 0.25) is 5.91 Å². The highest BCUT2D eigenvalue weighted by molar-refractivity contribution is 5.98. The molecule has 6 heteroatoms. The summed E-state index contributed by atoms with van der Waals surface area (Å²) in [6.45, 7) is 5.63. The predicted octanol–water partition coefficient (Wildman–Crippen LogP) is 2.02. The minimum atomic E-state index is -1.21. The van der Waals surface area contributed by atoms with Gasteiger partial charge >= 0.3 is 0 Å². The Bertz CT molecular complexity index is 778. The van der Waals surface area contributed by atoms with Gasteiger partial charge in [0.05, 0.1) is 12.7 Å². The summed E-state index contributed by atoms with van der Waals surface area (Å²) in [6.07, 6.45) is 3.50. The van der Waals surface area contributed by atoms with Crippen LogP contribution in [0.1, 0.15) is 46.8 Å². The van der Waals surface area contributed by atoms with E-state index in [4.69, 9.17) is 0 Å². The first-order valence-corrected chi connectivity index (χ1v) is 8.28. The number of ketones is 1. The highest BCUT2D eigenvalue weighted by Gasteiger charge is 2.25. The monoisotopic (exact) mass is 343 g/mol. The number of nitrogens with zero attached hydrogens (tertiary/aromatic N) is 2. The lowest BCUT2D eigenvalue weighted by atomic mass is 9.99. The highest BCUT2D eigenvalue weighted by atomic mass is 16.3. The molecule has 0 aliphatic rings. The van der Waals surface area contributed by atoms with Gasteiger partial charge in [0.15, 0.2) is 5.78 Å². The van der Waals surface area contributed by atoms with Crippen molar-refractivity contribution in [2.45, 2.75) is 39.2 Å². The van der Waals surface area contributed by atoms with Crippen LogP contribution in [0.3, 0.4) is 0 Å². The molecule has 1 unspecified atom stereocenters. The van der Waals surface area contributed by atoms with Crippen LogP contribution in [-0.2, 0) is 17.4 Å². The van der Waals surface area contributed by atoms with E-state index in [0.29, 0.717) is 11.1 Å². The van der Waals surface area contributed by atoms with Gasteiger partial charge in [-0.05, 0) is 38.0 Å². The molecule has 134 valence electrons. The highest BCUT2D eigenvalue weighted by Crippen LogP contribution is 2.18. The van der Waals surface area contributed by atoms with Crippen LogP contribution in [0.5, 0.6) is 0 Å². The van der Waals surface area contributed by atoms with Crippen LogP contribution in [0.2, 0.25) is 0 Å². The van der Waals surface area contributed by atoms with Crippen molar-refractivity contribution < 1.29 is 14.7 Å². The second kappa shape index (κ2) is 7.61. The smallest absolute Gasteiger partial charge is 0.220 e. The number of amides is 1. The van der Waals surface area contributed by atoms with Gasteiger partial charge in [-0.15, -0.1) is 0 Å². The SMILES string of the molecule is Cc1ccc(C(=O)CCC(=O)NCC(C)(O)c2cnn(C)c2)cc1C. The van der Waals surface area contributed by atoms with E-state index in [1.54, 1.807) is 37.1 Å². The minimum absolute atomic E-state index is 0.0581. The molecule has 0 radical (unpaired) electrons. The lowest BCUT2D eigenvalue weighted by Gasteiger charge is -2.22. The summed E-state index contributed by atoms with van der Waals surface area (Å²) in [6, 6.07) is 5.55. The summed E-state index contributed by atoms with van der Waals surface area (Å²) >= 11 is 0. The van der Waals surface area contributed by atoms with Crippen LogP contribution in [0.15, 0.2) is 30.6 Å². The lowest BCUT2D eigenvalue weighted by Crippen LogP contribution is -2.38. The van der Waals surface area contributed by atoms with E-state index in [0.717, 1.165) is 11.1 Å². The number of benzene rings is 1. The Kier molecular flexibility index (Phi) is 5.74. The van der Waals surface area contributed by atoms with Crippen molar-refractivity contribution in [3.63, 3.8) is 0 Å². The van der Waals surface area contributed by atoms with E-state index in [-0.39, 0.29) is 31.1 Å². The maximum Gasteiger partial charge on any atom is 0.220 e. The number of hydrogen-bond donors (Lipinski definition) is 2. The Morgan fingerprint density at radius 1 is 1.24 bits per heavy atom. The first-order valence-electron chi connectivity index (χ1n) is 8.28. The van der Waals surface area contributed by atoms with Gasteiger partial charge < -0.3 is 10.4 Å². The number of carbonyl (C=O) groups excluding carboxylic acids is 2. The van der Waals surface area contributed by atoms with E-state index < -0.39 is 5.60 Å². The van der Waals surface area contributed by atoms with Gasteiger partial charge in [0.1, 0.15) is 5.60 Å². The number of Topliss-reactive ketones (excluding diaryl/α,β-unsaturated/α-hetero) is 1. The average Bonchev–Trinajstić information content (AvgIpc) is 3.00.